The van der Waals surface area contributed by atoms with Gasteiger partial charge in [0.05, 0.1) is 18.2 Å². The van der Waals surface area contributed by atoms with Crippen LogP contribution in [0.2, 0.25) is 0 Å². The van der Waals surface area contributed by atoms with Crippen molar-refractivity contribution in [1.82, 2.24) is 0 Å². The zero-order valence-electron chi connectivity index (χ0n) is 25.5. The van der Waals surface area contributed by atoms with Gasteiger partial charge in [-0.05, 0) is 52.9 Å². The third-order valence-electron chi connectivity index (χ3n) is 5.23. The number of nitrogens with two attached hydrogens (primary N) is 2. The van der Waals surface area contributed by atoms with E-state index in [0.29, 0.717) is 49.6 Å². The summed E-state index contributed by atoms with van der Waals surface area (Å²) < 4.78 is 0. The van der Waals surface area contributed by atoms with Crippen LogP contribution in [0.5, 0.6) is 0 Å². The smallest absolute Gasteiger partial charge is 0.165 e. The first kappa shape index (κ1) is 41.0. The van der Waals surface area contributed by atoms with E-state index < -0.39 is 18.3 Å². The van der Waals surface area contributed by atoms with Gasteiger partial charge in [-0.2, -0.15) is 0 Å². The Labute approximate surface area is 235 Å². The van der Waals surface area contributed by atoms with Crippen molar-refractivity contribution in [3.8, 4) is 0 Å². The molecule has 0 saturated heterocycles. The molecule has 0 aliphatic heterocycles. The van der Waals surface area contributed by atoms with Crippen molar-refractivity contribution in [2.75, 3.05) is 13.1 Å². The highest BCUT2D eigenvalue weighted by Crippen LogP contribution is 2.08. The van der Waals surface area contributed by atoms with E-state index in [9.17, 15) is 29.7 Å². The molecule has 8 N–H and O–H groups in total. The molecule has 0 aromatic rings. The molecule has 0 saturated carbocycles. The zero-order chi connectivity index (χ0) is 31.3. The summed E-state index contributed by atoms with van der Waals surface area (Å²) in [5.41, 5.74) is 11.2. The van der Waals surface area contributed by atoms with Gasteiger partial charge in [-0.25, -0.2) is 0 Å². The number of aliphatic hydroxyl groups excluding tert-OH is 3. The van der Waals surface area contributed by atoms with Crippen LogP contribution in [-0.4, -0.2) is 81.5 Å². The fourth-order valence-electron chi connectivity index (χ4n) is 2.86. The first-order chi connectivity index (χ1) is 17.8. The molecule has 0 heterocycles. The van der Waals surface area contributed by atoms with Gasteiger partial charge >= 0.3 is 0 Å². The number of hydrogen-bond donors (Lipinski definition) is 6. The Morgan fingerprint density at radius 2 is 1.03 bits per heavy atom. The Balaban J connectivity index is -0.000000500. The van der Waals surface area contributed by atoms with Crippen molar-refractivity contribution < 1.29 is 29.7 Å². The molecule has 39 heavy (non-hydrogen) atoms. The third kappa shape index (κ3) is 25.5. The summed E-state index contributed by atoms with van der Waals surface area (Å²) >= 11 is 0. The van der Waals surface area contributed by atoms with Gasteiger partial charge in [0, 0.05) is 30.0 Å². The Morgan fingerprint density at radius 3 is 1.36 bits per heavy atom. The largest absolute Gasteiger partial charge is 0.388 e. The fourth-order valence-corrected chi connectivity index (χ4v) is 2.86. The van der Waals surface area contributed by atoms with E-state index >= 15 is 0 Å². The van der Waals surface area contributed by atoms with Gasteiger partial charge < -0.3 is 32.2 Å². The van der Waals surface area contributed by atoms with Crippen LogP contribution in [0.1, 0.15) is 94.4 Å². The Morgan fingerprint density at radius 1 is 0.667 bits per heavy atom. The van der Waals surface area contributed by atoms with Crippen molar-refractivity contribution in [3.63, 3.8) is 0 Å². The number of aliphatic hydroxyl groups is 3. The van der Waals surface area contributed by atoms with Gasteiger partial charge in [0.2, 0.25) is 0 Å². The number of amidine groups is 2. The second-order valence-corrected chi connectivity index (χ2v) is 10.5. The summed E-state index contributed by atoms with van der Waals surface area (Å²) in [6.07, 6.45) is 0.332. The molecule has 0 spiro atoms. The average Bonchev–Trinajstić information content (AvgIpc) is 2.83. The van der Waals surface area contributed by atoms with Gasteiger partial charge in [-0.15, -0.1) is 0 Å². The molecular weight excluding hydrogens is 502 g/mol. The molecule has 228 valence electrons. The van der Waals surface area contributed by atoms with Crippen LogP contribution < -0.4 is 11.5 Å². The maximum atomic E-state index is 11.3. The Kier molecular flexibility index (Phi) is 24.6. The minimum absolute atomic E-state index is 0.0688. The number of ketones is 3. The molecule has 0 amide bonds. The standard InChI is InChI=1S/C10H20N2O2.C10H19NO2.C8H16N2O2/c1-7(2)10(14)9(13)5-4-6-12-8(3)11;1-7(2)10(13)9(12)6-4-5-8(3)11;1-5(2)8(12)7(11)4-10-6(3)9/h7,9,13H,4-6H2,1-3H3,(H2,11,12);7,9,11-12H,4-6H2,1-3H3;5,7,11H,4H2,1-3H3,(H2,9,10). The lowest BCUT2D eigenvalue weighted by Crippen LogP contribution is -2.28. The van der Waals surface area contributed by atoms with Crippen LogP contribution in [0.15, 0.2) is 9.98 Å². The number of aliphatic imine (C=N–C) groups is 2. The van der Waals surface area contributed by atoms with E-state index in [1.54, 1.807) is 62.3 Å². The fraction of sp³-hybridized carbons (Fsp3) is 0.786. The molecule has 3 unspecified atom stereocenters. The molecule has 0 fully saturated rings. The summed E-state index contributed by atoms with van der Waals surface area (Å²) in [6.45, 7) is 16.3. The van der Waals surface area contributed by atoms with E-state index in [-0.39, 0.29) is 41.6 Å². The van der Waals surface area contributed by atoms with Gasteiger partial charge in [-0.1, -0.05) is 41.5 Å². The maximum Gasteiger partial charge on any atom is 0.165 e. The minimum atomic E-state index is -1.01. The lowest BCUT2D eigenvalue weighted by atomic mass is 9.99. The SMILES string of the molecule is CC(=N)CCCC(O)C(=O)C(C)C.CC(N)=NCC(O)C(=O)C(C)C.CC(N)=NCCCC(O)C(=O)C(C)C. The highest BCUT2D eigenvalue weighted by Gasteiger charge is 2.19. The van der Waals surface area contributed by atoms with Crippen LogP contribution in [0.4, 0.5) is 0 Å². The number of nitrogens with one attached hydrogen (secondary N) is 1. The van der Waals surface area contributed by atoms with Gasteiger partial charge in [0.1, 0.15) is 18.3 Å². The van der Waals surface area contributed by atoms with E-state index in [1.165, 1.54) is 0 Å². The number of Topliss-reactive ketones (excluding diaryl/α,β-unsaturated/α-hetero) is 3. The Hall–Kier alpha value is -2.50. The quantitative estimate of drug-likeness (QED) is 0.0939. The molecular formula is C28H55N5O6. The molecule has 0 rings (SSSR count). The minimum Gasteiger partial charge on any atom is -0.388 e. The van der Waals surface area contributed by atoms with Crippen LogP contribution in [0.25, 0.3) is 0 Å². The molecule has 0 aliphatic rings. The highest BCUT2D eigenvalue weighted by molar-refractivity contribution is 5.86. The predicted molar refractivity (Wildman–Crippen MR) is 158 cm³/mol. The topological polar surface area (TPSA) is 213 Å². The number of hydrogen-bond acceptors (Lipinski definition) is 9. The molecule has 0 aliphatic carbocycles. The van der Waals surface area contributed by atoms with Gasteiger partial charge in [0.15, 0.2) is 17.3 Å². The molecule has 3 atom stereocenters. The van der Waals surface area contributed by atoms with E-state index in [4.69, 9.17) is 16.9 Å². The van der Waals surface area contributed by atoms with Crippen molar-refractivity contribution >= 4 is 34.7 Å². The normalized spacial score (nSPS) is 14.1. The van der Waals surface area contributed by atoms with Crippen molar-refractivity contribution in [2.24, 2.45) is 39.2 Å². The van der Waals surface area contributed by atoms with Crippen molar-refractivity contribution in [3.05, 3.63) is 0 Å². The second-order valence-electron chi connectivity index (χ2n) is 10.5. The van der Waals surface area contributed by atoms with Crippen LogP contribution in [-0.2, 0) is 14.4 Å². The lowest BCUT2D eigenvalue weighted by Gasteiger charge is -2.11. The van der Waals surface area contributed by atoms with Crippen LogP contribution in [0, 0.1) is 23.2 Å². The molecule has 0 radical (unpaired) electrons. The monoisotopic (exact) mass is 557 g/mol. The summed E-state index contributed by atoms with van der Waals surface area (Å²) in [5.74, 6) is 0.162. The summed E-state index contributed by atoms with van der Waals surface area (Å²) in [4.78, 5) is 41.3. The first-order valence-electron chi connectivity index (χ1n) is 13.6. The van der Waals surface area contributed by atoms with Crippen molar-refractivity contribution in [2.45, 2.75) is 113 Å². The second kappa shape index (κ2) is 23.4. The molecule has 11 heteroatoms. The van der Waals surface area contributed by atoms with E-state index in [2.05, 4.69) is 9.98 Å². The summed E-state index contributed by atoms with van der Waals surface area (Å²) in [6, 6.07) is 0. The number of nitrogens with zero attached hydrogens (tertiary/aromatic N) is 2. The van der Waals surface area contributed by atoms with Crippen LogP contribution >= 0.6 is 0 Å². The highest BCUT2D eigenvalue weighted by atomic mass is 16.3. The first-order valence-corrected chi connectivity index (χ1v) is 13.6. The molecule has 0 aromatic heterocycles. The van der Waals surface area contributed by atoms with Gasteiger partial charge in [-0.3, -0.25) is 24.4 Å². The van der Waals surface area contributed by atoms with Crippen LogP contribution in [0.3, 0.4) is 0 Å². The maximum absolute atomic E-state index is 11.3. The lowest BCUT2D eigenvalue weighted by molar-refractivity contribution is -0.131. The molecule has 0 aromatic carbocycles. The summed E-state index contributed by atoms with van der Waals surface area (Å²) in [5, 5.41) is 35.2. The third-order valence-corrected chi connectivity index (χ3v) is 5.23. The van der Waals surface area contributed by atoms with E-state index in [1.807, 2.05) is 0 Å². The zero-order valence-corrected chi connectivity index (χ0v) is 25.5. The number of carbonyl (C=O) groups is 3. The Bertz CT molecular complexity index is 785. The number of rotatable bonds is 16. The molecule has 0 bridgehead atoms. The average molecular weight is 558 g/mol. The molecule has 11 nitrogen and oxygen atoms in total. The van der Waals surface area contributed by atoms with E-state index in [0.717, 1.165) is 6.42 Å². The summed E-state index contributed by atoms with van der Waals surface area (Å²) in [7, 11) is 0. The predicted octanol–water partition coefficient (Wildman–Crippen LogP) is 2.46. The van der Waals surface area contributed by atoms with Gasteiger partial charge in [0.25, 0.3) is 0 Å². The van der Waals surface area contributed by atoms with Crippen molar-refractivity contribution in [1.29, 1.82) is 5.41 Å². The number of carbonyl (C=O) groups excluding carboxylic acids is 3.